The molecule has 2 rings (SSSR count). The van der Waals surface area contributed by atoms with Gasteiger partial charge in [0, 0.05) is 24.5 Å². The fourth-order valence-corrected chi connectivity index (χ4v) is 1.78. The highest BCUT2D eigenvalue weighted by Gasteiger charge is 2.02. The Morgan fingerprint density at radius 2 is 2.11 bits per heavy atom. The van der Waals surface area contributed by atoms with E-state index in [0.717, 1.165) is 22.6 Å². The molecule has 2 aromatic rings. The van der Waals surface area contributed by atoms with Crippen molar-refractivity contribution in [1.82, 2.24) is 4.98 Å². The second kappa shape index (κ2) is 6.00. The number of benzene rings is 1. The quantitative estimate of drug-likeness (QED) is 0.883. The molecule has 4 nitrogen and oxygen atoms in total. The molecule has 0 fully saturated rings. The number of carbonyl (C=O) groups is 1. The predicted molar refractivity (Wildman–Crippen MR) is 77.0 cm³/mol. The van der Waals surface area contributed by atoms with Crippen LogP contribution < -0.4 is 10.6 Å². The number of rotatable bonds is 4. The second-order valence-electron chi connectivity index (χ2n) is 4.39. The zero-order valence-electron chi connectivity index (χ0n) is 11.1. The molecule has 0 aliphatic rings. The molecule has 1 amide bonds. The van der Waals surface area contributed by atoms with E-state index in [1.54, 1.807) is 6.20 Å². The van der Waals surface area contributed by atoms with Gasteiger partial charge in [-0.05, 0) is 36.8 Å². The van der Waals surface area contributed by atoms with Crippen molar-refractivity contribution in [2.24, 2.45) is 0 Å². The molecule has 2 N–H and O–H groups in total. The maximum Gasteiger partial charge on any atom is 0.221 e. The molecular formula is C15H17N3O. The molecule has 4 heteroatoms. The summed E-state index contributed by atoms with van der Waals surface area (Å²) in [6, 6.07) is 11.6. The number of hydrogen-bond donors (Lipinski definition) is 2. The zero-order valence-corrected chi connectivity index (χ0v) is 11.1. The predicted octanol–water partition coefficient (Wildman–Crippen LogP) is 2.96. The third-order valence-corrected chi connectivity index (χ3v) is 2.74. The highest BCUT2D eigenvalue weighted by molar-refractivity contribution is 5.89. The maximum atomic E-state index is 11.0. The molecule has 0 unspecified atom stereocenters. The van der Waals surface area contributed by atoms with Crippen molar-refractivity contribution < 1.29 is 4.79 Å². The van der Waals surface area contributed by atoms with Gasteiger partial charge in [-0.2, -0.15) is 0 Å². The Bertz CT molecular complexity index is 567. The summed E-state index contributed by atoms with van der Waals surface area (Å²) in [5.41, 5.74) is 3.90. The summed E-state index contributed by atoms with van der Waals surface area (Å²) < 4.78 is 0. The molecule has 98 valence electrons. The van der Waals surface area contributed by atoms with E-state index in [-0.39, 0.29) is 5.91 Å². The van der Waals surface area contributed by atoms with Crippen LogP contribution in [-0.2, 0) is 11.3 Å². The van der Waals surface area contributed by atoms with E-state index in [9.17, 15) is 4.79 Å². The topological polar surface area (TPSA) is 54.0 Å². The van der Waals surface area contributed by atoms with E-state index >= 15 is 0 Å². The molecular weight excluding hydrogens is 238 g/mol. The Morgan fingerprint density at radius 3 is 2.79 bits per heavy atom. The average molecular weight is 255 g/mol. The number of pyridine rings is 1. The van der Waals surface area contributed by atoms with Crippen molar-refractivity contribution in [2.45, 2.75) is 20.4 Å². The summed E-state index contributed by atoms with van der Waals surface area (Å²) >= 11 is 0. The molecule has 19 heavy (non-hydrogen) atoms. The summed E-state index contributed by atoms with van der Waals surface area (Å²) in [4.78, 5) is 15.3. The smallest absolute Gasteiger partial charge is 0.221 e. The number of amides is 1. The van der Waals surface area contributed by atoms with Crippen molar-refractivity contribution in [3.8, 4) is 0 Å². The van der Waals surface area contributed by atoms with Gasteiger partial charge < -0.3 is 10.6 Å². The number of aryl methyl sites for hydroxylation is 1. The van der Waals surface area contributed by atoms with Crippen LogP contribution in [0.4, 0.5) is 11.4 Å². The van der Waals surface area contributed by atoms with Crippen molar-refractivity contribution in [3.63, 3.8) is 0 Å². The number of anilines is 2. The molecule has 0 saturated carbocycles. The van der Waals surface area contributed by atoms with Gasteiger partial charge in [0.15, 0.2) is 0 Å². The summed E-state index contributed by atoms with van der Waals surface area (Å²) in [6.07, 6.45) is 1.78. The minimum absolute atomic E-state index is 0.0699. The molecule has 0 bridgehead atoms. The third kappa shape index (κ3) is 3.81. The summed E-state index contributed by atoms with van der Waals surface area (Å²) in [5.74, 6) is -0.0699. The first-order valence-corrected chi connectivity index (χ1v) is 6.17. The lowest BCUT2D eigenvalue weighted by Crippen LogP contribution is -2.07. The summed E-state index contributed by atoms with van der Waals surface area (Å²) in [7, 11) is 0. The van der Waals surface area contributed by atoms with Gasteiger partial charge in [0.05, 0.1) is 12.2 Å². The second-order valence-corrected chi connectivity index (χ2v) is 4.39. The molecule has 0 spiro atoms. The van der Waals surface area contributed by atoms with Crippen LogP contribution in [0.5, 0.6) is 0 Å². The van der Waals surface area contributed by atoms with E-state index in [2.05, 4.69) is 15.6 Å². The molecule has 0 saturated heterocycles. The van der Waals surface area contributed by atoms with E-state index < -0.39 is 0 Å². The van der Waals surface area contributed by atoms with Gasteiger partial charge in [-0.3, -0.25) is 9.78 Å². The fraction of sp³-hybridized carbons (Fsp3) is 0.200. The van der Waals surface area contributed by atoms with Gasteiger partial charge in [-0.1, -0.05) is 12.1 Å². The van der Waals surface area contributed by atoms with Crippen molar-refractivity contribution in [2.75, 3.05) is 10.6 Å². The van der Waals surface area contributed by atoms with Gasteiger partial charge in [-0.15, -0.1) is 0 Å². The van der Waals surface area contributed by atoms with Crippen LogP contribution in [0.1, 0.15) is 18.2 Å². The summed E-state index contributed by atoms with van der Waals surface area (Å²) in [5, 5.41) is 6.11. The largest absolute Gasteiger partial charge is 0.379 e. The molecule has 0 radical (unpaired) electrons. The first-order chi connectivity index (χ1) is 9.15. The fourth-order valence-electron chi connectivity index (χ4n) is 1.78. The van der Waals surface area contributed by atoms with Gasteiger partial charge in [0.25, 0.3) is 0 Å². The van der Waals surface area contributed by atoms with E-state index in [4.69, 9.17) is 0 Å². The van der Waals surface area contributed by atoms with Gasteiger partial charge in [0.2, 0.25) is 5.91 Å². The monoisotopic (exact) mass is 255 g/mol. The van der Waals surface area contributed by atoms with Crippen LogP contribution in [0.2, 0.25) is 0 Å². The third-order valence-electron chi connectivity index (χ3n) is 2.74. The molecule has 0 aliphatic carbocycles. The summed E-state index contributed by atoms with van der Waals surface area (Å²) in [6.45, 7) is 4.18. The van der Waals surface area contributed by atoms with E-state index in [0.29, 0.717) is 6.54 Å². The van der Waals surface area contributed by atoms with Gasteiger partial charge in [-0.25, -0.2) is 0 Å². The number of nitrogens with one attached hydrogen (secondary N) is 2. The Labute approximate surface area is 112 Å². The lowest BCUT2D eigenvalue weighted by atomic mass is 10.1. The van der Waals surface area contributed by atoms with E-state index in [1.807, 2.05) is 43.3 Å². The zero-order chi connectivity index (χ0) is 13.7. The molecule has 1 aromatic carbocycles. The van der Waals surface area contributed by atoms with Crippen LogP contribution >= 0.6 is 0 Å². The maximum absolute atomic E-state index is 11.0. The van der Waals surface area contributed by atoms with Crippen LogP contribution in [0.15, 0.2) is 42.6 Å². The lowest BCUT2D eigenvalue weighted by Gasteiger charge is -2.11. The molecule has 1 aromatic heterocycles. The highest BCUT2D eigenvalue weighted by atomic mass is 16.1. The van der Waals surface area contributed by atoms with Crippen LogP contribution in [-0.4, -0.2) is 10.9 Å². The minimum Gasteiger partial charge on any atom is -0.379 e. The molecule has 0 aliphatic heterocycles. The van der Waals surface area contributed by atoms with Crippen molar-refractivity contribution in [1.29, 1.82) is 0 Å². The van der Waals surface area contributed by atoms with Crippen LogP contribution in [0.25, 0.3) is 0 Å². The van der Waals surface area contributed by atoms with Crippen LogP contribution in [0.3, 0.4) is 0 Å². The average Bonchev–Trinajstić information content (AvgIpc) is 2.40. The number of aromatic nitrogens is 1. The van der Waals surface area contributed by atoms with Crippen LogP contribution in [0, 0.1) is 6.92 Å². The normalized spacial score (nSPS) is 10.0. The Morgan fingerprint density at radius 1 is 1.26 bits per heavy atom. The van der Waals surface area contributed by atoms with Crippen molar-refractivity contribution >= 4 is 17.3 Å². The van der Waals surface area contributed by atoms with Crippen molar-refractivity contribution in [3.05, 3.63) is 53.9 Å². The Kier molecular flexibility index (Phi) is 4.13. The molecule has 1 heterocycles. The number of carbonyl (C=O) groups excluding carboxylic acids is 1. The minimum atomic E-state index is -0.0699. The first-order valence-electron chi connectivity index (χ1n) is 6.17. The number of hydrogen-bond acceptors (Lipinski definition) is 3. The standard InChI is InChI=1S/C15H17N3O/c1-11-6-7-13(18-12(2)19)9-15(11)17-10-14-5-3-4-8-16-14/h3-9,17H,10H2,1-2H3,(H,18,19). The molecule has 0 atom stereocenters. The SMILES string of the molecule is CC(=O)Nc1ccc(C)c(NCc2ccccn2)c1. The lowest BCUT2D eigenvalue weighted by molar-refractivity contribution is -0.114. The Hall–Kier alpha value is -2.36. The van der Waals surface area contributed by atoms with Gasteiger partial charge >= 0.3 is 0 Å². The first kappa shape index (κ1) is 13.1. The van der Waals surface area contributed by atoms with E-state index in [1.165, 1.54) is 6.92 Å². The highest BCUT2D eigenvalue weighted by Crippen LogP contribution is 2.20. The Balaban J connectivity index is 2.08. The van der Waals surface area contributed by atoms with Gasteiger partial charge in [0.1, 0.15) is 0 Å². The number of nitrogens with zero attached hydrogens (tertiary/aromatic N) is 1.